The van der Waals surface area contributed by atoms with E-state index < -0.39 is 23.7 Å². The molecule has 0 aliphatic carbocycles. The molecule has 1 fully saturated rings. The third-order valence-corrected chi connectivity index (χ3v) is 5.59. The van der Waals surface area contributed by atoms with Crippen LogP contribution in [0, 0.1) is 5.82 Å². The first-order valence-corrected chi connectivity index (χ1v) is 10.6. The van der Waals surface area contributed by atoms with E-state index in [0.29, 0.717) is 21.3 Å². The number of carbonyl (C=O) groups is 3. The first-order chi connectivity index (χ1) is 14.4. The van der Waals surface area contributed by atoms with Gasteiger partial charge in [0.15, 0.2) is 0 Å². The lowest BCUT2D eigenvalue weighted by atomic mass is 10.2. The molecule has 3 rings (SSSR count). The molecular weight excluding hydrogens is 477 g/mol. The van der Waals surface area contributed by atoms with Gasteiger partial charge in [0.1, 0.15) is 24.7 Å². The lowest BCUT2D eigenvalue weighted by molar-refractivity contribution is -0.145. The van der Waals surface area contributed by atoms with E-state index in [4.69, 9.17) is 9.47 Å². The van der Waals surface area contributed by atoms with Crippen LogP contribution >= 0.6 is 27.7 Å². The molecule has 6 nitrogen and oxygen atoms in total. The van der Waals surface area contributed by atoms with E-state index in [1.807, 2.05) is 0 Å². The summed E-state index contributed by atoms with van der Waals surface area (Å²) < 4.78 is 24.8. The number of hydrogen-bond acceptors (Lipinski definition) is 6. The Morgan fingerprint density at radius 2 is 2.00 bits per heavy atom. The Hall–Kier alpha value is -2.65. The molecule has 0 atom stereocenters. The fraction of sp³-hybridized carbons (Fsp3) is 0.190. The second-order valence-corrected chi connectivity index (χ2v) is 7.99. The Balaban J connectivity index is 1.69. The SMILES string of the molecule is CCOC(=O)CN1C(=O)S/C(=C\c2ccc(OCc3ccccc3F)c(Br)c2)C1=O. The summed E-state index contributed by atoms with van der Waals surface area (Å²) in [5.74, 6) is -1.02. The van der Waals surface area contributed by atoms with Crippen molar-refractivity contribution in [2.75, 3.05) is 13.2 Å². The molecule has 0 saturated carbocycles. The minimum Gasteiger partial charge on any atom is -0.488 e. The third-order valence-electron chi connectivity index (χ3n) is 4.06. The molecule has 9 heteroatoms. The molecule has 0 radical (unpaired) electrons. The zero-order valence-corrected chi connectivity index (χ0v) is 18.3. The van der Waals surface area contributed by atoms with Crippen LogP contribution in [0.25, 0.3) is 6.08 Å². The summed E-state index contributed by atoms with van der Waals surface area (Å²) in [6.45, 7) is 1.47. The molecule has 0 spiro atoms. The highest BCUT2D eigenvalue weighted by Crippen LogP contribution is 2.34. The van der Waals surface area contributed by atoms with Crippen molar-refractivity contribution in [3.8, 4) is 5.75 Å². The Kier molecular flexibility index (Phi) is 7.28. The summed E-state index contributed by atoms with van der Waals surface area (Å²) in [6, 6.07) is 11.5. The first kappa shape index (κ1) is 22.0. The van der Waals surface area contributed by atoms with E-state index in [-0.39, 0.29) is 23.9 Å². The highest BCUT2D eigenvalue weighted by atomic mass is 79.9. The van der Waals surface area contributed by atoms with E-state index in [1.165, 1.54) is 6.07 Å². The van der Waals surface area contributed by atoms with E-state index in [9.17, 15) is 18.8 Å². The summed E-state index contributed by atoms with van der Waals surface area (Å²) in [5.41, 5.74) is 1.09. The molecule has 1 saturated heterocycles. The third kappa shape index (κ3) is 5.28. The lowest BCUT2D eigenvalue weighted by Crippen LogP contribution is -2.34. The zero-order valence-electron chi connectivity index (χ0n) is 15.9. The quantitative estimate of drug-likeness (QED) is 0.408. The number of nitrogens with zero attached hydrogens (tertiary/aromatic N) is 1. The second kappa shape index (κ2) is 9.90. The maximum absolute atomic E-state index is 13.7. The van der Waals surface area contributed by atoms with Gasteiger partial charge < -0.3 is 9.47 Å². The zero-order chi connectivity index (χ0) is 21.7. The van der Waals surface area contributed by atoms with Crippen LogP contribution in [0.3, 0.4) is 0 Å². The van der Waals surface area contributed by atoms with E-state index in [0.717, 1.165) is 16.7 Å². The molecule has 0 N–H and O–H groups in total. The van der Waals surface area contributed by atoms with Gasteiger partial charge in [-0.15, -0.1) is 0 Å². The predicted molar refractivity (Wildman–Crippen MR) is 114 cm³/mol. The van der Waals surface area contributed by atoms with E-state index in [1.54, 1.807) is 49.4 Å². The van der Waals surface area contributed by atoms with E-state index in [2.05, 4.69) is 15.9 Å². The highest BCUT2D eigenvalue weighted by molar-refractivity contribution is 9.10. The van der Waals surface area contributed by atoms with Crippen molar-refractivity contribution in [3.05, 3.63) is 68.8 Å². The standard InChI is InChI=1S/C21H17BrFNO5S/c1-2-28-19(25)11-24-20(26)18(30-21(24)27)10-13-7-8-17(15(22)9-13)29-12-14-5-3-4-6-16(14)23/h3-10H,2,11-12H2,1H3/b18-10-. The highest BCUT2D eigenvalue weighted by Gasteiger charge is 2.36. The van der Waals surface area contributed by atoms with Gasteiger partial charge in [-0.25, -0.2) is 4.39 Å². The molecular formula is C21H17BrFNO5S. The molecule has 2 aromatic carbocycles. The normalized spacial score (nSPS) is 15.0. The predicted octanol–water partition coefficient (Wildman–Crippen LogP) is 4.77. The van der Waals surface area contributed by atoms with Crippen molar-refractivity contribution in [1.29, 1.82) is 0 Å². The molecule has 0 unspecified atom stereocenters. The molecule has 1 heterocycles. The van der Waals surface area contributed by atoms with Gasteiger partial charge >= 0.3 is 5.97 Å². The van der Waals surface area contributed by atoms with Crippen LogP contribution in [0.15, 0.2) is 51.8 Å². The number of esters is 1. The van der Waals surface area contributed by atoms with E-state index >= 15 is 0 Å². The molecule has 2 amide bonds. The maximum Gasteiger partial charge on any atom is 0.326 e. The van der Waals surface area contributed by atoms with Crippen molar-refractivity contribution >= 4 is 50.9 Å². The van der Waals surface area contributed by atoms with Crippen LogP contribution in [0.5, 0.6) is 5.75 Å². The van der Waals surface area contributed by atoms with Gasteiger partial charge in [-0.2, -0.15) is 0 Å². The van der Waals surface area contributed by atoms with Crippen LogP contribution in [-0.2, 0) is 20.9 Å². The van der Waals surface area contributed by atoms with Crippen LogP contribution in [0.4, 0.5) is 9.18 Å². The summed E-state index contributed by atoms with van der Waals surface area (Å²) in [7, 11) is 0. The van der Waals surface area contributed by atoms with Crippen molar-refractivity contribution in [3.63, 3.8) is 0 Å². The number of ether oxygens (including phenoxy) is 2. The van der Waals surface area contributed by atoms with Crippen molar-refractivity contribution in [2.24, 2.45) is 0 Å². The Morgan fingerprint density at radius 3 is 2.70 bits per heavy atom. The molecule has 156 valence electrons. The molecule has 0 bridgehead atoms. The second-order valence-electron chi connectivity index (χ2n) is 6.14. The van der Waals surface area contributed by atoms with Gasteiger partial charge in [-0.1, -0.05) is 24.3 Å². The van der Waals surface area contributed by atoms with Gasteiger partial charge in [-0.3, -0.25) is 19.3 Å². The number of amides is 2. The Labute approximate surface area is 185 Å². The fourth-order valence-corrected chi connectivity index (χ4v) is 3.97. The summed E-state index contributed by atoms with van der Waals surface area (Å²) in [4.78, 5) is 37.1. The Bertz CT molecular complexity index is 1030. The molecule has 30 heavy (non-hydrogen) atoms. The minimum atomic E-state index is -0.639. The summed E-state index contributed by atoms with van der Waals surface area (Å²) in [5, 5.41) is -0.525. The average Bonchev–Trinajstić information content (AvgIpc) is 2.96. The number of benzene rings is 2. The minimum absolute atomic E-state index is 0.0668. The number of halogens is 2. The van der Waals surface area contributed by atoms with Gasteiger partial charge in [0, 0.05) is 5.56 Å². The fourth-order valence-electron chi connectivity index (χ4n) is 2.62. The number of hydrogen-bond donors (Lipinski definition) is 0. The average molecular weight is 494 g/mol. The van der Waals surface area contributed by atoms with Gasteiger partial charge in [0.05, 0.1) is 16.0 Å². The lowest BCUT2D eigenvalue weighted by Gasteiger charge is -2.11. The van der Waals surface area contributed by atoms with Gasteiger partial charge in [0.25, 0.3) is 11.1 Å². The molecule has 2 aromatic rings. The van der Waals surface area contributed by atoms with Crippen LogP contribution in [-0.4, -0.2) is 35.2 Å². The number of carbonyl (C=O) groups excluding carboxylic acids is 3. The number of thioether (sulfide) groups is 1. The van der Waals surface area contributed by atoms with Gasteiger partial charge in [-0.05, 0) is 64.5 Å². The summed E-state index contributed by atoms with van der Waals surface area (Å²) >= 11 is 4.16. The molecule has 1 aliphatic heterocycles. The Morgan fingerprint density at radius 1 is 1.23 bits per heavy atom. The number of imide groups is 1. The van der Waals surface area contributed by atoms with Crippen molar-refractivity contribution in [2.45, 2.75) is 13.5 Å². The topological polar surface area (TPSA) is 72.9 Å². The maximum atomic E-state index is 13.7. The van der Waals surface area contributed by atoms with Crippen LogP contribution in [0.1, 0.15) is 18.1 Å². The molecule has 1 aliphatic rings. The van der Waals surface area contributed by atoms with Crippen molar-refractivity contribution in [1.82, 2.24) is 4.90 Å². The largest absolute Gasteiger partial charge is 0.488 e. The summed E-state index contributed by atoms with van der Waals surface area (Å²) in [6.07, 6.45) is 1.56. The van der Waals surface area contributed by atoms with Crippen LogP contribution < -0.4 is 4.74 Å². The smallest absolute Gasteiger partial charge is 0.326 e. The van der Waals surface area contributed by atoms with Crippen molar-refractivity contribution < 1.29 is 28.2 Å². The number of rotatable bonds is 7. The first-order valence-electron chi connectivity index (χ1n) is 8.95. The monoisotopic (exact) mass is 493 g/mol. The molecule has 0 aromatic heterocycles. The van der Waals surface area contributed by atoms with Gasteiger partial charge in [0.2, 0.25) is 0 Å². The van der Waals surface area contributed by atoms with Crippen LogP contribution in [0.2, 0.25) is 0 Å².